The van der Waals surface area contributed by atoms with Crippen LogP contribution in [0.15, 0.2) is 60.2 Å². The fourth-order valence-electron chi connectivity index (χ4n) is 3.88. The molecule has 0 radical (unpaired) electrons. The normalized spacial score (nSPS) is 19.4. The number of imidazole rings is 2. The highest BCUT2D eigenvalue weighted by atomic mass is 127. The van der Waals surface area contributed by atoms with Crippen molar-refractivity contribution < 1.29 is 0 Å². The Morgan fingerprint density at radius 3 is 2.87 bits per heavy atom. The summed E-state index contributed by atoms with van der Waals surface area (Å²) in [7, 11) is 0. The second-order valence-electron chi connectivity index (χ2n) is 7.57. The molecule has 1 saturated heterocycles. The van der Waals surface area contributed by atoms with Gasteiger partial charge < -0.3 is 19.8 Å². The summed E-state index contributed by atoms with van der Waals surface area (Å²) in [5.74, 6) is 2.43. The minimum atomic E-state index is 0. The van der Waals surface area contributed by atoms with Gasteiger partial charge >= 0.3 is 0 Å². The smallest absolute Gasteiger partial charge is 0.194 e. The molecule has 3 aromatic rings. The molecular formula is C22H30IN7. The van der Waals surface area contributed by atoms with E-state index in [0.29, 0.717) is 18.5 Å². The number of piperidine rings is 1. The van der Waals surface area contributed by atoms with Gasteiger partial charge in [0.25, 0.3) is 0 Å². The van der Waals surface area contributed by atoms with E-state index in [4.69, 9.17) is 4.99 Å². The number of H-pyrrole nitrogens is 1. The molecule has 1 aliphatic heterocycles. The lowest BCUT2D eigenvalue weighted by molar-refractivity contribution is 0.189. The first-order chi connectivity index (χ1) is 14.2. The van der Waals surface area contributed by atoms with E-state index < -0.39 is 0 Å². The number of likely N-dealkylation sites (tertiary alicyclic amines) is 1. The molecule has 0 amide bonds. The first kappa shape index (κ1) is 22.3. The van der Waals surface area contributed by atoms with Crippen molar-refractivity contribution in [3.63, 3.8) is 0 Å². The maximum Gasteiger partial charge on any atom is 0.194 e. The number of guanidine groups is 1. The lowest BCUT2D eigenvalue weighted by Crippen LogP contribution is -2.49. The van der Waals surface area contributed by atoms with Crippen LogP contribution in [0.5, 0.6) is 0 Å². The molecule has 3 heterocycles. The Morgan fingerprint density at radius 1 is 1.30 bits per heavy atom. The molecule has 0 saturated carbocycles. The van der Waals surface area contributed by atoms with Gasteiger partial charge in [-0.2, -0.15) is 0 Å². The summed E-state index contributed by atoms with van der Waals surface area (Å²) in [4.78, 5) is 19.4. The minimum Gasteiger partial charge on any atom is -0.357 e. The summed E-state index contributed by atoms with van der Waals surface area (Å²) >= 11 is 0. The fourth-order valence-corrected chi connectivity index (χ4v) is 3.88. The quantitative estimate of drug-likeness (QED) is 0.304. The molecule has 2 N–H and O–H groups in total. The maximum atomic E-state index is 4.87. The van der Waals surface area contributed by atoms with Crippen LogP contribution in [0.2, 0.25) is 0 Å². The highest BCUT2D eigenvalue weighted by Gasteiger charge is 2.28. The van der Waals surface area contributed by atoms with E-state index in [1.54, 1.807) is 0 Å². The van der Waals surface area contributed by atoms with Gasteiger partial charge in [-0.3, -0.25) is 0 Å². The zero-order valence-electron chi connectivity index (χ0n) is 17.5. The Morgan fingerprint density at radius 2 is 2.13 bits per heavy atom. The van der Waals surface area contributed by atoms with Crippen molar-refractivity contribution in [1.82, 2.24) is 29.7 Å². The van der Waals surface area contributed by atoms with Crippen LogP contribution in [0.25, 0.3) is 11.3 Å². The number of aromatic amines is 1. The predicted octanol–water partition coefficient (Wildman–Crippen LogP) is 3.94. The van der Waals surface area contributed by atoms with E-state index in [0.717, 1.165) is 49.1 Å². The monoisotopic (exact) mass is 519 g/mol. The molecule has 2 aromatic heterocycles. The van der Waals surface area contributed by atoms with Gasteiger partial charge in [-0.05, 0) is 24.8 Å². The molecule has 8 heteroatoms. The first-order valence-corrected chi connectivity index (χ1v) is 10.3. The molecule has 1 aromatic carbocycles. The molecule has 7 nitrogen and oxygen atoms in total. The SMILES string of the molecule is CCNC(=NCc1ncc(-c2ccccc2)[nH]1)N1CCC(C)C(n2ccnc2)C1.I. The second-order valence-corrected chi connectivity index (χ2v) is 7.57. The Balaban J connectivity index is 0.00000256. The number of nitrogens with zero attached hydrogens (tertiary/aromatic N) is 5. The van der Waals surface area contributed by atoms with Crippen LogP contribution in [0.4, 0.5) is 0 Å². The van der Waals surface area contributed by atoms with E-state index in [9.17, 15) is 0 Å². The summed E-state index contributed by atoms with van der Waals surface area (Å²) in [5, 5.41) is 3.45. The zero-order chi connectivity index (χ0) is 20.1. The largest absolute Gasteiger partial charge is 0.357 e. The summed E-state index contributed by atoms with van der Waals surface area (Å²) in [5.41, 5.74) is 2.16. The van der Waals surface area contributed by atoms with Crippen molar-refractivity contribution >= 4 is 29.9 Å². The van der Waals surface area contributed by atoms with Gasteiger partial charge in [0.05, 0.1) is 24.3 Å². The zero-order valence-corrected chi connectivity index (χ0v) is 19.9. The van der Waals surface area contributed by atoms with Crippen LogP contribution < -0.4 is 5.32 Å². The van der Waals surface area contributed by atoms with Crippen molar-refractivity contribution in [3.8, 4) is 11.3 Å². The van der Waals surface area contributed by atoms with Crippen LogP contribution in [-0.2, 0) is 6.54 Å². The lowest BCUT2D eigenvalue weighted by atomic mass is 9.93. The van der Waals surface area contributed by atoms with Gasteiger partial charge in [0, 0.05) is 32.0 Å². The average Bonchev–Trinajstić information content (AvgIpc) is 3.45. The van der Waals surface area contributed by atoms with Crippen LogP contribution in [0.1, 0.15) is 32.1 Å². The van der Waals surface area contributed by atoms with Gasteiger partial charge in [0.1, 0.15) is 12.4 Å². The molecule has 160 valence electrons. The van der Waals surface area contributed by atoms with E-state index >= 15 is 0 Å². The average molecular weight is 519 g/mol. The number of nitrogens with one attached hydrogen (secondary N) is 2. The van der Waals surface area contributed by atoms with Crippen LogP contribution in [-0.4, -0.2) is 50.0 Å². The van der Waals surface area contributed by atoms with Crippen molar-refractivity contribution in [2.75, 3.05) is 19.6 Å². The third-order valence-electron chi connectivity index (χ3n) is 5.55. The second kappa shape index (κ2) is 10.6. The molecule has 4 rings (SSSR count). The van der Waals surface area contributed by atoms with E-state index in [1.165, 1.54) is 0 Å². The maximum absolute atomic E-state index is 4.87. The molecular weight excluding hydrogens is 489 g/mol. The lowest BCUT2D eigenvalue weighted by Gasteiger charge is -2.39. The van der Waals surface area contributed by atoms with Gasteiger partial charge in [0.15, 0.2) is 5.96 Å². The van der Waals surface area contributed by atoms with Gasteiger partial charge in [-0.1, -0.05) is 37.3 Å². The van der Waals surface area contributed by atoms with Gasteiger partial charge in [-0.25, -0.2) is 15.0 Å². The van der Waals surface area contributed by atoms with E-state index in [2.05, 4.69) is 61.9 Å². The third-order valence-corrected chi connectivity index (χ3v) is 5.55. The number of halogens is 1. The molecule has 30 heavy (non-hydrogen) atoms. The highest BCUT2D eigenvalue weighted by Crippen LogP contribution is 2.27. The molecule has 2 atom stereocenters. The molecule has 1 aliphatic rings. The van der Waals surface area contributed by atoms with Gasteiger partial charge in [0.2, 0.25) is 0 Å². The van der Waals surface area contributed by atoms with Crippen LogP contribution in [0.3, 0.4) is 0 Å². The summed E-state index contributed by atoms with van der Waals surface area (Å²) < 4.78 is 2.22. The number of aromatic nitrogens is 4. The summed E-state index contributed by atoms with van der Waals surface area (Å²) in [6.07, 6.45) is 8.84. The predicted molar refractivity (Wildman–Crippen MR) is 131 cm³/mol. The number of aliphatic imine (C=N–C) groups is 1. The number of hydrogen-bond donors (Lipinski definition) is 2. The fraction of sp³-hybridized carbons (Fsp3) is 0.409. The van der Waals surface area contributed by atoms with Crippen molar-refractivity contribution in [1.29, 1.82) is 0 Å². The molecule has 1 fully saturated rings. The Bertz CT molecular complexity index is 920. The Kier molecular flexibility index (Phi) is 7.89. The topological polar surface area (TPSA) is 74.1 Å². The van der Waals surface area contributed by atoms with Crippen molar-refractivity contribution in [2.24, 2.45) is 10.9 Å². The number of benzene rings is 1. The Labute approximate surface area is 195 Å². The molecule has 0 aliphatic carbocycles. The molecule has 2 unspecified atom stereocenters. The first-order valence-electron chi connectivity index (χ1n) is 10.3. The van der Waals surface area contributed by atoms with Crippen molar-refractivity contribution in [3.05, 3.63) is 61.1 Å². The van der Waals surface area contributed by atoms with E-state index in [-0.39, 0.29) is 24.0 Å². The standard InChI is InChI=1S/C22H29N7.HI/c1-3-24-22(28-11-9-17(2)20(15-28)29-12-10-23-16-29)26-14-21-25-13-19(27-21)18-7-5-4-6-8-18;/h4-8,10,12-13,16-17,20H,3,9,11,14-15H2,1-2H3,(H,24,26)(H,25,27);1H. The number of hydrogen-bond acceptors (Lipinski definition) is 3. The van der Waals surface area contributed by atoms with Crippen LogP contribution >= 0.6 is 24.0 Å². The van der Waals surface area contributed by atoms with Crippen LogP contribution in [0, 0.1) is 5.92 Å². The molecule has 0 bridgehead atoms. The van der Waals surface area contributed by atoms with Gasteiger partial charge in [-0.15, -0.1) is 24.0 Å². The number of rotatable bonds is 5. The van der Waals surface area contributed by atoms with E-state index in [1.807, 2.05) is 36.9 Å². The highest BCUT2D eigenvalue weighted by molar-refractivity contribution is 14.0. The summed E-state index contributed by atoms with van der Waals surface area (Å²) in [6, 6.07) is 10.6. The molecule has 0 spiro atoms. The minimum absolute atomic E-state index is 0. The van der Waals surface area contributed by atoms with Crippen molar-refractivity contribution in [2.45, 2.75) is 32.9 Å². The summed E-state index contributed by atoms with van der Waals surface area (Å²) in [6.45, 7) is 7.73. The third kappa shape index (κ3) is 5.21. The Hall–Kier alpha value is -2.36.